The number of hydrogen-bond acceptors (Lipinski definition) is 2. The van der Waals surface area contributed by atoms with Gasteiger partial charge in [0, 0.05) is 5.92 Å². The molecule has 5 heteroatoms. The van der Waals surface area contributed by atoms with Gasteiger partial charge in [-0.2, -0.15) is 0 Å². The molecule has 1 aromatic rings. The SMILES string of the molecule is CC(C)C(=O)Nc1cnc(Br)c(Cl)c1. The summed E-state index contributed by atoms with van der Waals surface area (Å²) >= 11 is 8.98. The number of halogens is 2. The summed E-state index contributed by atoms with van der Waals surface area (Å²) in [6.45, 7) is 3.65. The van der Waals surface area contributed by atoms with Gasteiger partial charge in [-0.15, -0.1) is 0 Å². The van der Waals surface area contributed by atoms with Gasteiger partial charge in [0.05, 0.1) is 16.9 Å². The molecule has 1 rings (SSSR count). The van der Waals surface area contributed by atoms with Crippen LogP contribution in [-0.4, -0.2) is 10.9 Å². The molecule has 0 aromatic carbocycles. The summed E-state index contributed by atoms with van der Waals surface area (Å²) in [4.78, 5) is 15.3. The lowest BCUT2D eigenvalue weighted by Crippen LogP contribution is -2.17. The predicted molar refractivity (Wildman–Crippen MR) is 60.4 cm³/mol. The largest absolute Gasteiger partial charge is 0.324 e. The number of nitrogens with zero attached hydrogens (tertiary/aromatic N) is 1. The number of rotatable bonds is 2. The third-order valence-electron chi connectivity index (χ3n) is 1.59. The molecule has 1 amide bonds. The first-order valence-corrected chi connectivity index (χ1v) is 5.29. The van der Waals surface area contributed by atoms with E-state index in [4.69, 9.17) is 11.6 Å². The molecule has 0 fully saturated rings. The van der Waals surface area contributed by atoms with Crippen molar-refractivity contribution in [3.63, 3.8) is 0 Å². The van der Waals surface area contributed by atoms with Crippen molar-refractivity contribution < 1.29 is 4.79 Å². The number of aromatic nitrogens is 1. The maximum Gasteiger partial charge on any atom is 0.226 e. The molecular formula is C9H10BrClN2O. The van der Waals surface area contributed by atoms with Gasteiger partial charge in [-0.25, -0.2) is 4.98 Å². The third kappa shape index (κ3) is 2.96. The molecule has 0 unspecified atom stereocenters. The molecule has 0 bridgehead atoms. The summed E-state index contributed by atoms with van der Waals surface area (Å²) in [5, 5.41) is 3.18. The molecule has 0 atom stereocenters. The zero-order valence-corrected chi connectivity index (χ0v) is 10.2. The van der Waals surface area contributed by atoms with Gasteiger partial charge in [0.15, 0.2) is 0 Å². The molecule has 0 saturated heterocycles. The number of pyridine rings is 1. The van der Waals surface area contributed by atoms with Crippen LogP contribution in [0.25, 0.3) is 0 Å². The lowest BCUT2D eigenvalue weighted by Gasteiger charge is -2.07. The maximum absolute atomic E-state index is 11.3. The Morgan fingerprint density at radius 3 is 2.79 bits per heavy atom. The molecule has 0 saturated carbocycles. The second kappa shape index (κ2) is 4.75. The Kier molecular flexibility index (Phi) is 3.89. The van der Waals surface area contributed by atoms with Crippen LogP contribution in [0.2, 0.25) is 5.02 Å². The van der Waals surface area contributed by atoms with Gasteiger partial charge >= 0.3 is 0 Å². The average molecular weight is 278 g/mol. The van der Waals surface area contributed by atoms with Gasteiger partial charge < -0.3 is 5.32 Å². The van der Waals surface area contributed by atoms with E-state index in [9.17, 15) is 4.79 Å². The quantitative estimate of drug-likeness (QED) is 0.844. The van der Waals surface area contributed by atoms with Gasteiger partial charge in [-0.1, -0.05) is 25.4 Å². The Bertz CT molecular complexity index is 355. The minimum atomic E-state index is -0.0579. The highest BCUT2D eigenvalue weighted by Gasteiger charge is 2.08. The van der Waals surface area contributed by atoms with E-state index >= 15 is 0 Å². The molecule has 1 N–H and O–H groups in total. The van der Waals surface area contributed by atoms with Crippen LogP contribution in [0.5, 0.6) is 0 Å². The van der Waals surface area contributed by atoms with Gasteiger partial charge in [-0.3, -0.25) is 4.79 Å². The monoisotopic (exact) mass is 276 g/mol. The maximum atomic E-state index is 11.3. The van der Waals surface area contributed by atoms with Crippen LogP contribution in [0.3, 0.4) is 0 Å². The predicted octanol–water partition coefficient (Wildman–Crippen LogP) is 3.09. The molecule has 0 aliphatic carbocycles. The Hall–Kier alpha value is -0.610. The smallest absolute Gasteiger partial charge is 0.226 e. The Labute approximate surface area is 96.0 Å². The fourth-order valence-electron chi connectivity index (χ4n) is 0.776. The number of anilines is 1. The van der Waals surface area contributed by atoms with Crippen molar-refractivity contribution in [1.29, 1.82) is 0 Å². The van der Waals surface area contributed by atoms with Crippen LogP contribution in [0, 0.1) is 5.92 Å². The second-order valence-electron chi connectivity index (χ2n) is 3.14. The van der Waals surface area contributed by atoms with Crippen LogP contribution in [0.15, 0.2) is 16.9 Å². The first kappa shape index (κ1) is 11.5. The summed E-state index contributed by atoms with van der Waals surface area (Å²) in [5.74, 6) is -0.109. The van der Waals surface area contributed by atoms with Gasteiger partial charge in [0.2, 0.25) is 5.91 Å². The number of carbonyl (C=O) groups excluding carboxylic acids is 1. The highest BCUT2D eigenvalue weighted by Crippen LogP contribution is 2.22. The normalized spacial score (nSPS) is 10.4. The van der Waals surface area contributed by atoms with Crippen LogP contribution < -0.4 is 5.32 Å². The number of carbonyl (C=O) groups is 1. The van der Waals surface area contributed by atoms with E-state index in [0.717, 1.165) is 0 Å². The van der Waals surface area contributed by atoms with E-state index in [1.54, 1.807) is 12.3 Å². The summed E-state index contributed by atoms with van der Waals surface area (Å²) < 4.78 is 0.571. The lowest BCUT2D eigenvalue weighted by atomic mass is 10.2. The van der Waals surface area contributed by atoms with E-state index in [-0.39, 0.29) is 11.8 Å². The fourth-order valence-corrected chi connectivity index (χ4v) is 1.16. The molecule has 0 aliphatic rings. The first-order chi connectivity index (χ1) is 6.50. The molecule has 0 radical (unpaired) electrons. The van der Waals surface area contributed by atoms with Crippen LogP contribution in [0.1, 0.15) is 13.8 Å². The molecule has 76 valence electrons. The summed E-state index contributed by atoms with van der Waals surface area (Å²) in [7, 11) is 0. The van der Waals surface area contributed by atoms with Crippen molar-refractivity contribution >= 4 is 39.1 Å². The van der Waals surface area contributed by atoms with Crippen molar-refractivity contribution in [2.45, 2.75) is 13.8 Å². The Morgan fingerprint density at radius 2 is 2.29 bits per heavy atom. The Morgan fingerprint density at radius 1 is 1.64 bits per heavy atom. The summed E-state index contributed by atoms with van der Waals surface area (Å²) in [6.07, 6.45) is 1.55. The molecule has 0 aliphatic heterocycles. The standard InChI is InChI=1S/C9H10BrClN2O/c1-5(2)9(14)13-6-3-7(11)8(10)12-4-6/h3-5H,1-2H3,(H,13,14). The molecule has 1 aromatic heterocycles. The van der Waals surface area contributed by atoms with Gasteiger partial charge in [0.1, 0.15) is 4.60 Å². The van der Waals surface area contributed by atoms with Crippen molar-refractivity contribution in [3.8, 4) is 0 Å². The van der Waals surface area contributed by atoms with E-state index < -0.39 is 0 Å². The summed E-state index contributed by atoms with van der Waals surface area (Å²) in [6, 6.07) is 1.65. The van der Waals surface area contributed by atoms with Crippen molar-refractivity contribution in [2.24, 2.45) is 5.92 Å². The average Bonchev–Trinajstić information content (AvgIpc) is 2.11. The third-order valence-corrected chi connectivity index (χ3v) is 2.74. The molecule has 1 heterocycles. The van der Waals surface area contributed by atoms with Crippen LogP contribution >= 0.6 is 27.5 Å². The van der Waals surface area contributed by atoms with E-state index in [2.05, 4.69) is 26.2 Å². The zero-order chi connectivity index (χ0) is 10.7. The fraction of sp³-hybridized carbons (Fsp3) is 0.333. The molecule has 3 nitrogen and oxygen atoms in total. The van der Waals surface area contributed by atoms with Gasteiger partial charge in [-0.05, 0) is 22.0 Å². The highest BCUT2D eigenvalue weighted by molar-refractivity contribution is 9.10. The lowest BCUT2D eigenvalue weighted by molar-refractivity contribution is -0.118. The van der Waals surface area contributed by atoms with Crippen LogP contribution in [0.4, 0.5) is 5.69 Å². The summed E-state index contributed by atoms with van der Waals surface area (Å²) in [5.41, 5.74) is 0.608. The van der Waals surface area contributed by atoms with Crippen molar-refractivity contribution in [1.82, 2.24) is 4.98 Å². The van der Waals surface area contributed by atoms with E-state index in [0.29, 0.717) is 15.3 Å². The van der Waals surface area contributed by atoms with E-state index in [1.807, 2.05) is 13.8 Å². The van der Waals surface area contributed by atoms with Gasteiger partial charge in [0.25, 0.3) is 0 Å². The number of nitrogens with one attached hydrogen (secondary N) is 1. The first-order valence-electron chi connectivity index (χ1n) is 4.12. The number of hydrogen-bond donors (Lipinski definition) is 1. The van der Waals surface area contributed by atoms with Crippen molar-refractivity contribution in [2.75, 3.05) is 5.32 Å². The van der Waals surface area contributed by atoms with Crippen molar-refractivity contribution in [3.05, 3.63) is 21.9 Å². The number of amides is 1. The van der Waals surface area contributed by atoms with E-state index in [1.165, 1.54) is 0 Å². The zero-order valence-electron chi connectivity index (χ0n) is 7.84. The topological polar surface area (TPSA) is 42.0 Å². The minimum Gasteiger partial charge on any atom is -0.324 e. The Balaban J connectivity index is 2.78. The molecular weight excluding hydrogens is 267 g/mol. The second-order valence-corrected chi connectivity index (χ2v) is 4.30. The van der Waals surface area contributed by atoms with Crippen LogP contribution in [-0.2, 0) is 4.79 Å². The molecule has 14 heavy (non-hydrogen) atoms. The minimum absolute atomic E-state index is 0.0508. The molecule has 0 spiro atoms. The highest BCUT2D eigenvalue weighted by atomic mass is 79.9.